The minimum Gasteiger partial charge on any atom is -0.477 e. The number of hydrogen-bond acceptors (Lipinski definition) is 4. The SMILES string of the molecule is CCc1nc(-c2cc(C)nc(C)c2)sc1C(=O)O. The summed E-state index contributed by atoms with van der Waals surface area (Å²) >= 11 is 1.22. The lowest BCUT2D eigenvalue weighted by Gasteiger charge is -2.00. The smallest absolute Gasteiger partial charge is 0.347 e. The zero-order chi connectivity index (χ0) is 13.3. The van der Waals surface area contributed by atoms with Gasteiger partial charge in [-0.15, -0.1) is 11.3 Å². The molecule has 0 unspecified atom stereocenters. The molecule has 0 saturated carbocycles. The number of aryl methyl sites for hydroxylation is 3. The molecule has 2 rings (SSSR count). The standard InChI is InChI=1S/C13H14N2O2S/c1-4-10-11(13(16)17)18-12(15-10)9-5-7(2)14-8(3)6-9/h5-6H,4H2,1-3H3,(H,16,17). The molecule has 0 aliphatic rings. The van der Waals surface area contributed by atoms with Crippen LogP contribution in [0.25, 0.3) is 10.6 Å². The predicted molar refractivity (Wildman–Crippen MR) is 71.2 cm³/mol. The second-order valence-corrected chi connectivity index (χ2v) is 5.09. The fraction of sp³-hybridized carbons (Fsp3) is 0.308. The molecule has 0 aromatic carbocycles. The molecule has 18 heavy (non-hydrogen) atoms. The zero-order valence-electron chi connectivity index (χ0n) is 10.5. The highest BCUT2D eigenvalue weighted by Crippen LogP contribution is 2.29. The summed E-state index contributed by atoms with van der Waals surface area (Å²) in [5.41, 5.74) is 3.41. The molecule has 0 aliphatic heterocycles. The second kappa shape index (κ2) is 4.86. The largest absolute Gasteiger partial charge is 0.477 e. The fourth-order valence-corrected chi connectivity index (χ4v) is 2.82. The van der Waals surface area contributed by atoms with E-state index in [2.05, 4.69) is 9.97 Å². The number of carbonyl (C=O) groups is 1. The van der Waals surface area contributed by atoms with Crippen LogP contribution in [-0.2, 0) is 6.42 Å². The van der Waals surface area contributed by atoms with Crippen molar-refractivity contribution in [3.05, 3.63) is 34.1 Å². The first kappa shape index (κ1) is 12.7. The van der Waals surface area contributed by atoms with E-state index in [-0.39, 0.29) is 0 Å². The van der Waals surface area contributed by atoms with E-state index < -0.39 is 5.97 Å². The van der Waals surface area contributed by atoms with Crippen molar-refractivity contribution in [1.29, 1.82) is 0 Å². The Labute approximate surface area is 109 Å². The first-order valence-corrected chi connectivity index (χ1v) is 6.51. The molecule has 0 atom stereocenters. The maximum Gasteiger partial charge on any atom is 0.347 e. The van der Waals surface area contributed by atoms with Crippen molar-refractivity contribution in [2.24, 2.45) is 0 Å². The highest BCUT2D eigenvalue weighted by molar-refractivity contribution is 7.17. The van der Waals surface area contributed by atoms with Crippen molar-refractivity contribution >= 4 is 17.3 Å². The molecule has 0 aliphatic carbocycles. The molecule has 0 fully saturated rings. The van der Waals surface area contributed by atoms with Crippen molar-refractivity contribution < 1.29 is 9.90 Å². The van der Waals surface area contributed by atoms with Crippen LogP contribution in [0, 0.1) is 13.8 Å². The Hall–Kier alpha value is -1.75. The van der Waals surface area contributed by atoms with E-state index in [4.69, 9.17) is 5.11 Å². The maximum atomic E-state index is 11.1. The molecule has 0 amide bonds. The molecule has 2 aromatic rings. The summed E-state index contributed by atoms with van der Waals surface area (Å²) in [6.45, 7) is 5.75. The van der Waals surface area contributed by atoms with Gasteiger partial charge in [-0.1, -0.05) is 6.92 Å². The maximum absolute atomic E-state index is 11.1. The summed E-state index contributed by atoms with van der Waals surface area (Å²) < 4.78 is 0. The summed E-state index contributed by atoms with van der Waals surface area (Å²) in [6, 6.07) is 3.85. The van der Waals surface area contributed by atoms with Gasteiger partial charge in [0.1, 0.15) is 9.88 Å². The van der Waals surface area contributed by atoms with Gasteiger partial charge in [-0.2, -0.15) is 0 Å². The van der Waals surface area contributed by atoms with Gasteiger partial charge in [0, 0.05) is 17.0 Å². The normalized spacial score (nSPS) is 10.6. The molecule has 94 valence electrons. The van der Waals surface area contributed by atoms with E-state index in [1.165, 1.54) is 11.3 Å². The molecule has 5 heteroatoms. The van der Waals surface area contributed by atoms with Crippen molar-refractivity contribution in [3.63, 3.8) is 0 Å². The molecule has 0 radical (unpaired) electrons. The molecule has 2 heterocycles. The average Bonchev–Trinajstić information content (AvgIpc) is 2.71. The number of pyridine rings is 1. The minimum atomic E-state index is -0.905. The Balaban J connectivity index is 2.54. The first-order valence-electron chi connectivity index (χ1n) is 5.70. The summed E-state index contributed by atoms with van der Waals surface area (Å²) in [7, 11) is 0. The third-order valence-electron chi connectivity index (χ3n) is 2.55. The second-order valence-electron chi connectivity index (χ2n) is 4.09. The number of carboxylic acids is 1. The van der Waals surface area contributed by atoms with Crippen molar-refractivity contribution in [2.75, 3.05) is 0 Å². The van der Waals surface area contributed by atoms with Crippen LogP contribution in [0.15, 0.2) is 12.1 Å². The van der Waals surface area contributed by atoms with Crippen LogP contribution in [0.3, 0.4) is 0 Å². The van der Waals surface area contributed by atoms with E-state index in [9.17, 15) is 4.79 Å². The highest BCUT2D eigenvalue weighted by atomic mass is 32.1. The van der Waals surface area contributed by atoms with E-state index in [1.54, 1.807) is 0 Å². The number of thiazole rings is 1. The number of nitrogens with zero attached hydrogens (tertiary/aromatic N) is 2. The topological polar surface area (TPSA) is 63.1 Å². The Morgan fingerprint density at radius 1 is 1.28 bits per heavy atom. The van der Waals surface area contributed by atoms with Gasteiger partial charge in [0.25, 0.3) is 0 Å². The first-order chi connectivity index (χ1) is 8.51. The Kier molecular flexibility index (Phi) is 3.43. The molecular formula is C13H14N2O2S. The van der Waals surface area contributed by atoms with Crippen LogP contribution in [0.5, 0.6) is 0 Å². The molecular weight excluding hydrogens is 248 g/mol. The van der Waals surface area contributed by atoms with Crippen molar-refractivity contribution in [1.82, 2.24) is 9.97 Å². The van der Waals surface area contributed by atoms with Crippen LogP contribution in [0.2, 0.25) is 0 Å². The van der Waals surface area contributed by atoms with E-state index >= 15 is 0 Å². The third kappa shape index (κ3) is 2.41. The lowest BCUT2D eigenvalue weighted by atomic mass is 10.2. The minimum absolute atomic E-state index is 0.333. The highest BCUT2D eigenvalue weighted by Gasteiger charge is 2.17. The number of carboxylic acid groups (broad SMARTS) is 1. The molecule has 1 N–H and O–H groups in total. The van der Waals surface area contributed by atoms with Crippen molar-refractivity contribution in [3.8, 4) is 10.6 Å². The number of rotatable bonds is 3. The predicted octanol–water partition coefficient (Wildman–Crippen LogP) is 3.08. The number of aromatic carboxylic acids is 1. The Morgan fingerprint density at radius 2 is 1.89 bits per heavy atom. The Morgan fingerprint density at radius 3 is 2.33 bits per heavy atom. The molecule has 0 spiro atoms. The van der Waals surface area contributed by atoms with Crippen LogP contribution < -0.4 is 0 Å². The van der Waals surface area contributed by atoms with Crippen LogP contribution >= 0.6 is 11.3 Å². The molecule has 4 nitrogen and oxygen atoms in total. The molecule has 0 bridgehead atoms. The van der Waals surface area contributed by atoms with Gasteiger partial charge in [-0.25, -0.2) is 9.78 Å². The monoisotopic (exact) mass is 262 g/mol. The van der Waals surface area contributed by atoms with Gasteiger partial charge >= 0.3 is 5.97 Å². The molecule has 2 aromatic heterocycles. The van der Waals surface area contributed by atoms with Gasteiger partial charge in [-0.05, 0) is 32.4 Å². The van der Waals surface area contributed by atoms with E-state index in [1.807, 2.05) is 32.9 Å². The summed E-state index contributed by atoms with van der Waals surface area (Å²) in [6.07, 6.45) is 0.626. The zero-order valence-corrected chi connectivity index (χ0v) is 11.3. The van der Waals surface area contributed by atoms with Crippen LogP contribution in [0.1, 0.15) is 33.7 Å². The average molecular weight is 262 g/mol. The lowest BCUT2D eigenvalue weighted by molar-refractivity contribution is 0.0701. The summed E-state index contributed by atoms with van der Waals surface area (Å²) in [5.74, 6) is -0.905. The summed E-state index contributed by atoms with van der Waals surface area (Å²) in [5, 5.41) is 9.87. The van der Waals surface area contributed by atoms with Gasteiger partial charge in [0.2, 0.25) is 0 Å². The summed E-state index contributed by atoms with van der Waals surface area (Å²) in [4.78, 5) is 20.2. The lowest BCUT2D eigenvalue weighted by Crippen LogP contribution is -1.97. The van der Waals surface area contributed by atoms with E-state index in [0.717, 1.165) is 22.0 Å². The number of hydrogen-bond donors (Lipinski definition) is 1. The van der Waals surface area contributed by atoms with Gasteiger partial charge in [-0.3, -0.25) is 4.98 Å². The van der Waals surface area contributed by atoms with Gasteiger partial charge in [0.05, 0.1) is 5.69 Å². The van der Waals surface area contributed by atoms with Gasteiger partial charge < -0.3 is 5.11 Å². The Bertz CT molecular complexity index is 585. The fourth-order valence-electron chi connectivity index (χ4n) is 1.84. The number of aromatic nitrogens is 2. The van der Waals surface area contributed by atoms with Crippen LogP contribution in [-0.4, -0.2) is 21.0 Å². The third-order valence-corrected chi connectivity index (χ3v) is 3.69. The van der Waals surface area contributed by atoms with Crippen molar-refractivity contribution in [2.45, 2.75) is 27.2 Å². The quantitative estimate of drug-likeness (QED) is 0.923. The molecule has 0 saturated heterocycles. The van der Waals surface area contributed by atoms with Crippen LogP contribution in [0.4, 0.5) is 0 Å². The van der Waals surface area contributed by atoms with Gasteiger partial charge in [0.15, 0.2) is 0 Å². The van der Waals surface area contributed by atoms with E-state index in [0.29, 0.717) is 17.0 Å².